The maximum atomic E-state index is 12.5. The fraction of sp³-hybridized carbons (Fsp3) is 0.350. The highest BCUT2D eigenvalue weighted by molar-refractivity contribution is 5.93. The molecule has 1 fully saturated rings. The Morgan fingerprint density at radius 3 is 2.92 bits per heavy atom. The number of ether oxygens (including phenoxy) is 1. The molecule has 25 heavy (non-hydrogen) atoms. The van der Waals surface area contributed by atoms with Gasteiger partial charge in [0.15, 0.2) is 0 Å². The number of rotatable bonds is 2. The number of aromatic hydroxyl groups is 1. The lowest BCUT2D eigenvalue weighted by atomic mass is 9.94. The minimum absolute atomic E-state index is 0.183. The van der Waals surface area contributed by atoms with Crippen molar-refractivity contribution in [3.63, 3.8) is 0 Å². The zero-order valence-electron chi connectivity index (χ0n) is 14.2. The number of esters is 1. The van der Waals surface area contributed by atoms with Crippen LogP contribution < -0.4 is 10.2 Å². The van der Waals surface area contributed by atoms with Crippen molar-refractivity contribution in [2.45, 2.75) is 25.5 Å². The van der Waals surface area contributed by atoms with E-state index in [0.717, 1.165) is 36.4 Å². The molecule has 5 heteroatoms. The molecule has 2 aliphatic rings. The van der Waals surface area contributed by atoms with Gasteiger partial charge in [0.1, 0.15) is 11.9 Å². The second-order valence-corrected chi connectivity index (χ2v) is 6.84. The van der Waals surface area contributed by atoms with Gasteiger partial charge in [-0.25, -0.2) is 4.79 Å². The zero-order valence-corrected chi connectivity index (χ0v) is 14.2. The number of benzene rings is 2. The van der Waals surface area contributed by atoms with E-state index in [1.54, 1.807) is 18.2 Å². The van der Waals surface area contributed by atoms with Gasteiger partial charge in [-0.05, 0) is 42.3 Å². The molecule has 2 N–H and O–H groups in total. The highest BCUT2D eigenvalue weighted by atomic mass is 16.5. The van der Waals surface area contributed by atoms with Crippen molar-refractivity contribution in [2.75, 3.05) is 24.5 Å². The predicted octanol–water partition coefficient (Wildman–Crippen LogP) is 2.64. The molecule has 2 atom stereocenters. The smallest absolute Gasteiger partial charge is 0.339 e. The van der Waals surface area contributed by atoms with Crippen molar-refractivity contribution in [3.8, 4) is 5.75 Å². The second-order valence-electron chi connectivity index (χ2n) is 6.84. The molecule has 0 aliphatic carbocycles. The molecule has 130 valence electrons. The standard InChI is InChI=1S/C20H22N2O3/c1-13-12-22(8-7-21-13)16-6-5-14-10-19(25-20(24)18(14)11-16)15-3-2-4-17(23)9-15/h2-6,9,11,13,19,21,23H,7-8,10,12H2,1H3/t13-,19?/m0/s1. The van der Waals surface area contributed by atoms with Crippen LogP contribution in [0, 0.1) is 0 Å². The molecule has 0 bridgehead atoms. The van der Waals surface area contributed by atoms with Gasteiger partial charge in [-0.15, -0.1) is 0 Å². The van der Waals surface area contributed by atoms with Gasteiger partial charge in [-0.1, -0.05) is 18.2 Å². The molecule has 2 heterocycles. The van der Waals surface area contributed by atoms with E-state index >= 15 is 0 Å². The summed E-state index contributed by atoms with van der Waals surface area (Å²) in [5.74, 6) is -0.109. The third-order valence-corrected chi connectivity index (χ3v) is 4.94. The summed E-state index contributed by atoms with van der Waals surface area (Å²) in [6.07, 6.45) is 0.278. The first-order chi connectivity index (χ1) is 12.1. The molecule has 0 radical (unpaired) electrons. The molecule has 0 aromatic heterocycles. The van der Waals surface area contributed by atoms with Crippen molar-refractivity contribution < 1.29 is 14.6 Å². The number of carbonyl (C=O) groups excluding carboxylic acids is 1. The fourth-order valence-electron chi connectivity index (χ4n) is 3.64. The molecule has 5 nitrogen and oxygen atoms in total. The lowest BCUT2D eigenvalue weighted by Crippen LogP contribution is -2.49. The summed E-state index contributed by atoms with van der Waals surface area (Å²) in [5.41, 5.74) is 3.54. The Morgan fingerprint density at radius 1 is 1.24 bits per heavy atom. The SMILES string of the molecule is C[C@H]1CN(c2ccc3c(c2)C(=O)OC(c2cccc(O)c2)C3)CCN1. The van der Waals surface area contributed by atoms with Gasteiger partial charge in [0, 0.05) is 37.8 Å². The Kier molecular flexibility index (Phi) is 4.09. The normalized spacial score (nSPS) is 23.1. The van der Waals surface area contributed by atoms with Crippen LogP contribution in [0.1, 0.15) is 34.5 Å². The van der Waals surface area contributed by atoms with Crippen LogP contribution in [-0.2, 0) is 11.2 Å². The van der Waals surface area contributed by atoms with E-state index in [-0.39, 0.29) is 17.8 Å². The molecule has 2 aromatic rings. The zero-order chi connectivity index (χ0) is 17.4. The monoisotopic (exact) mass is 338 g/mol. The van der Waals surface area contributed by atoms with Crippen molar-refractivity contribution in [1.29, 1.82) is 0 Å². The number of hydrogen-bond acceptors (Lipinski definition) is 5. The summed E-state index contributed by atoms with van der Waals surface area (Å²) in [4.78, 5) is 14.8. The Balaban J connectivity index is 1.60. The van der Waals surface area contributed by atoms with Crippen molar-refractivity contribution in [1.82, 2.24) is 5.32 Å². The molecule has 2 aromatic carbocycles. The summed E-state index contributed by atoms with van der Waals surface area (Å²) in [6, 6.07) is 13.4. The average Bonchev–Trinajstić information content (AvgIpc) is 2.61. The van der Waals surface area contributed by atoms with E-state index in [4.69, 9.17) is 4.74 Å². The Labute approximate surface area is 147 Å². The lowest BCUT2D eigenvalue weighted by molar-refractivity contribution is 0.0252. The molecule has 0 spiro atoms. The first-order valence-corrected chi connectivity index (χ1v) is 8.71. The van der Waals surface area contributed by atoms with E-state index in [1.807, 2.05) is 18.2 Å². The second kappa shape index (κ2) is 6.41. The van der Waals surface area contributed by atoms with Crippen LogP contribution in [0.5, 0.6) is 5.75 Å². The van der Waals surface area contributed by atoms with Gasteiger partial charge in [0.05, 0.1) is 5.56 Å². The molecule has 4 rings (SSSR count). The number of anilines is 1. The van der Waals surface area contributed by atoms with Crippen LogP contribution in [0.15, 0.2) is 42.5 Å². The van der Waals surface area contributed by atoms with E-state index in [9.17, 15) is 9.90 Å². The maximum absolute atomic E-state index is 12.5. The van der Waals surface area contributed by atoms with Gasteiger partial charge in [0.25, 0.3) is 0 Å². The minimum atomic E-state index is -0.350. The van der Waals surface area contributed by atoms with Crippen molar-refractivity contribution >= 4 is 11.7 Å². The Hall–Kier alpha value is -2.53. The summed E-state index contributed by atoms with van der Waals surface area (Å²) in [5, 5.41) is 13.1. The van der Waals surface area contributed by atoms with E-state index < -0.39 is 0 Å². The summed E-state index contributed by atoms with van der Waals surface area (Å²) in [7, 11) is 0. The molecular formula is C20H22N2O3. The number of hydrogen-bond donors (Lipinski definition) is 2. The predicted molar refractivity (Wildman–Crippen MR) is 96.1 cm³/mol. The van der Waals surface area contributed by atoms with E-state index in [2.05, 4.69) is 23.2 Å². The highest BCUT2D eigenvalue weighted by Crippen LogP contribution is 2.33. The van der Waals surface area contributed by atoms with Crippen molar-refractivity contribution in [3.05, 3.63) is 59.2 Å². The van der Waals surface area contributed by atoms with E-state index in [1.165, 1.54) is 0 Å². The lowest BCUT2D eigenvalue weighted by Gasteiger charge is -2.34. The van der Waals surface area contributed by atoms with Crippen LogP contribution in [0.4, 0.5) is 5.69 Å². The Morgan fingerprint density at radius 2 is 2.12 bits per heavy atom. The molecule has 0 saturated carbocycles. The summed E-state index contributed by atoms with van der Waals surface area (Å²) < 4.78 is 5.64. The van der Waals surface area contributed by atoms with E-state index in [0.29, 0.717) is 18.0 Å². The first kappa shape index (κ1) is 16.0. The molecule has 1 saturated heterocycles. The molecule has 2 aliphatic heterocycles. The Bertz CT molecular complexity index is 805. The minimum Gasteiger partial charge on any atom is -0.508 e. The van der Waals surface area contributed by atoms with Gasteiger partial charge < -0.3 is 20.1 Å². The highest BCUT2D eigenvalue weighted by Gasteiger charge is 2.28. The van der Waals surface area contributed by atoms with Crippen molar-refractivity contribution in [2.24, 2.45) is 0 Å². The van der Waals surface area contributed by atoms with Gasteiger partial charge in [0.2, 0.25) is 0 Å². The van der Waals surface area contributed by atoms with Crippen LogP contribution >= 0.6 is 0 Å². The van der Waals surface area contributed by atoms with Gasteiger partial charge in [-0.2, -0.15) is 0 Å². The largest absolute Gasteiger partial charge is 0.508 e. The van der Waals surface area contributed by atoms with Crippen LogP contribution in [0.25, 0.3) is 0 Å². The third kappa shape index (κ3) is 3.20. The third-order valence-electron chi connectivity index (χ3n) is 4.94. The fourth-order valence-corrected chi connectivity index (χ4v) is 3.64. The van der Waals surface area contributed by atoms with Crippen LogP contribution in [0.2, 0.25) is 0 Å². The van der Waals surface area contributed by atoms with Crippen LogP contribution in [-0.4, -0.2) is 36.8 Å². The number of phenols is 1. The van der Waals surface area contributed by atoms with Gasteiger partial charge >= 0.3 is 5.97 Å². The average molecular weight is 338 g/mol. The number of cyclic esters (lactones) is 1. The van der Waals surface area contributed by atoms with Gasteiger partial charge in [-0.3, -0.25) is 0 Å². The molecule has 0 amide bonds. The number of carbonyl (C=O) groups is 1. The number of nitrogens with zero attached hydrogens (tertiary/aromatic N) is 1. The molecule has 1 unspecified atom stereocenters. The number of piperazine rings is 1. The summed E-state index contributed by atoms with van der Waals surface area (Å²) >= 11 is 0. The topological polar surface area (TPSA) is 61.8 Å². The summed E-state index contributed by atoms with van der Waals surface area (Å²) in [6.45, 7) is 4.98. The number of nitrogens with one attached hydrogen (secondary N) is 1. The molecular weight excluding hydrogens is 316 g/mol. The number of fused-ring (bicyclic) bond motifs is 1. The first-order valence-electron chi connectivity index (χ1n) is 8.71. The number of phenolic OH excluding ortho intramolecular Hbond substituents is 1. The maximum Gasteiger partial charge on any atom is 0.339 e. The quantitative estimate of drug-likeness (QED) is 0.825. The van der Waals surface area contributed by atoms with Crippen LogP contribution in [0.3, 0.4) is 0 Å².